The number of halogens is 2. The molecule has 0 spiro atoms. The smallest absolute Gasteiger partial charge is 0.491 e. The highest BCUT2D eigenvalue weighted by molar-refractivity contribution is 8.00. The number of anilines is 1. The molecule has 1 aromatic carbocycles. The van der Waals surface area contributed by atoms with Crippen LogP contribution >= 0.6 is 11.9 Å². The number of rotatable bonds is 7. The van der Waals surface area contributed by atoms with Crippen molar-refractivity contribution >= 4 is 30.2 Å². The first-order chi connectivity index (χ1) is 11.5. The molecule has 1 aliphatic heterocycles. The Balaban J connectivity index is 2.24. The lowest BCUT2D eigenvalue weighted by molar-refractivity contribution is 0.00578. The Morgan fingerprint density at radius 1 is 1.16 bits per heavy atom. The Hall–Kier alpha value is -0.985. The lowest BCUT2D eigenvalue weighted by Crippen LogP contribution is -2.41. The number of hydrogen-bond acceptors (Lipinski definition) is 5. The first kappa shape index (κ1) is 20.3. The zero-order valence-corrected chi connectivity index (χ0v) is 16.4. The van der Waals surface area contributed by atoms with Crippen molar-refractivity contribution in [3.8, 4) is 5.75 Å². The number of hydrogen-bond donors (Lipinski definition) is 1. The minimum atomic E-state index is -2.51. The molecule has 0 saturated carbocycles. The molecule has 0 radical (unpaired) electrons. The third-order valence-corrected chi connectivity index (χ3v) is 4.88. The van der Waals surface area contributed by atoms with Gasteiger partial charge < -0.3 is 18.8 Å². The Kier molecular flexibility index (Phi) is 6.28. The molecule has 1 heterocycles. The van der Waals surface area contributed by atoms with Crippen LogP contribution in [0.1, 0.15) is 41.5 Å². The molecule has 140 valence electrons. The summed E-state index contributed by atoms with van der Waals surface area (Å²) in [5.74, 6) is -1.69. The molecule has 1 N–H and O–H groups in total. The number of ether oxygens (including phenoxy) is 1. The number of benzene rings is 1. The lowest BCUT2D eigenvalue weighted by Gasteiger charge is -2.32. The minimum absolute atomic E-state index is 0.316. The summed E-state index contributed by atoms with van der Waals surface area (Å²) in [4.78, 5) is 0. The average Bonchev–Trinajstić information content (AvgIpc) is 2.71. The van der Waals surface area contributed by atoms with Gasteiger partial charge in [-0.15, -0.1) is 0 Å². The average molecular weight is 373 g/mol. The van der Waals surface area contributed by atoms with Crippen LogP contribution < -0.4 is 14.9 Å². The van der Waals surface area contributed by atoms with E-state index in [-0.39, 0.29) is 0 Å². The van der Waals surface area contributed by atoms with Crippen LogP contribution in [0.5, 0.6) is 5.75 Å². The largest absolute Gasteiger partial charge is 0.494 e. The first-order valence-electron chi connectivity index (χ1n) is 8.34. The van der Waals surface area contributed by atoms with Crippen LogP contribution in [0.2, 0.25) is 0 Å². The van der Waals surface area contributed by atoms with Gasteiger partial charge in [0.05, 0.1) is 23.5 Å². The topological polar surface area (TPSA) is 39.7 Å². The maximum atomic E-state index is 12.5. The molecule has 8 heteroatoms. The highest BCUT2D eigenvalue weighted by Crippen LogP contribution is 2.37. The van der Waals surface area contributed by atoms with Crippen molar-refractivity contribution in [2.45, 2.75) is 58.5 Å². The third kappa shape index (κ3) is 5.02. The summed E-state index contributed by atoms with van der Waals surface area (Å²) >= 11 is 0.345. The molecule has 1 aliphatic rings. The number of nitrogens with one attached hydrogen (secondary N) is 1. The predicted molar refractivity (Wildman–Crippen MR) is 99.7 cm³/mol. The van der Waals surface area contributed by atoms with Crippen molar-refractivity contribution in [2.24, 2.45) is 5.92 Å². The Bertz CT molecular complexity index is 583. The summed E-state index contributed by atoms with van der Waals surface area (Å²) in [5, 5.41) is 0. The quantitative estimate of drug-likeness (QED) is 0.570. The van der Waals surface area contributed by atoms with Crippen LogP contribution in [0.25, 0.3) is 0 Å². The molecule has 1 aromatic rings. The normalized spacial score (nSPS) is 18.9. The van der Waals surface area contributed by atoms with Crippen LogP contribution in [-0.4, -0.2) is 30.7 Å². The predicted octanol–water partition coefficient (Wildman–Crippen LogP) is 4.30. The molecule has 0 aromatic heterocycles. The van der Waals surface area contributed by atoms with Crippen molar-refractivity contribution in [1.29, 1.82) is 0 Å². The highest BCUT2D eigenvalue weighted by Gasteiger charge is 2.51. The van der Waals surface area contributed by atoms with Crippen LogP contribution in [0, 0.1) is 5.92 Å². The van der Waals surface area contributed by atoms with Gasteiger partial charge in [-0.3, -0.25) is 0 Å². The molecule has 0 unspecified atom stereocenters. The SMILES string of the molecule is CC(C)COc1cc(B2OC(C)(C)C(C)(C)O2)ccc1NSC(F)F. The third-order valence-electron chi connectivity index (χ3n) is 4.36. The molecule has 2 rings (SSSR count). The van der Waals surface area contributed by atoms with Gasteiger partial charge in [0.1, 0.15) is 5.75 Å². The molecule has 25 heavy (non-hydrogen) atoms. The fourth-order valence-corrected chi connectivity index (χ4v) is 2.62. The Labute approximate surface area is 153 Å². The highest BCUT2D eigenvalue weighted by atomic mass is 32.2. The minimum Gasteiger partial charge on any atom is -0.491 e. The van der Waals surface area contributed by atoms with E-state index in [2.05, 4.69) is 4.72 Å². The van der Waals surface area contributed by atoms with Crippen LogP contribution in [0.15, 0.2) is 18.2 Å². The fraction of sp³-hybridized carbons (Fsp3) is 0.647. The summed E-state index contributed by atoms with van der Waals surface area (Å²) in [6, 6.07) is 5.31. The van der Waals surface area contributed by atoms with Gasteiger partial charge in [-0.1, -0.05) is 19.9 Å². The molecule has 0 aliphatic carbocycles. The van der Waals surface area contributed by atoms with Crippen LogP contribution in [0.3, 0.4) is 0 Å². The summed E-state index contributed by atoms with van der Waals surface area (Å²) < 4.78 is 45.5. The zero-order chi connectivity index (χ0) is 18.8. The van der Waals surface area contributed by atoms with E-state index in [1.54, 1.807) is 18.2 Å². The second-order valence-electron chi connectivity index (χ2n) is 7.53. The van der Waals surface area contributed by atoms with E-state index < -0.39 is 24.1 Å². The van der Waals surface area contributed by atoms with Gasteiger partial charge in [0, 0.05) is 11.9 Å². The Morgan fingerprint density at radius 2 is 1.76 bits per heavy atom. The van der Waals surface area contributed by atoms with Crippen LogP contribution in [0.4, 0.5) is 14.5 Å². The fourth-order valence-electron chi connectivity index (χ4n) is 2.23. The maximum absolute atomic E-state index is 12.5. The van der Waals surface area contributed by atoms with E-state index in [9.17, 15) is 8.78 Å². The van der Waals surface area contributed by atoms with E-state index in [1.165, 1.54) is 0 Å². The van der Waals surface area contributed by atoms with E-state index in [4.69, 9.17) is 14.0 Å². The molecule has 1 fully saturated rings. The molecule has 1 saturated heterocycles. The van der Waals surface area contributed by atoms with E-state index in [0.717, 1.165) is 5.46 Å². The van der Waals surface area contributed by atoms with Crippen molar-refractivity contribution in [1.82, 2.24) is 0 Å². The van der Waals surface area contributed by atoms with Gasteiger partial charge in [0.25, 0.3) is 0 Å². The van der Waals surface area contributed by atoms with Crippen molar-refractivity contribution in [3.05, 3.63) is 18.2 Å². The maximum Gasteiger partial charge on any atom is 0.494 e. The summed E-state index contributed by atoms with van der Waals surface area (Å²) in [6.07, 6.45) is 0. The van der Waals surface area contributed by atoms with Gasteiger partial charge >= 0.3 is 12.9 Å². The van der Waals surface area contributed by atoms with Gasteiger partial charge in [-0.25, -0.2) is 0 Å². The Morgan fingerprint density at radius 3 is 2.28 bits per heavy atom. The molecule has 0 atom stereocenters. The second-order valence-corrected chi connectivity index (χ2v) is 8.33. The molecule has 0 amide bonds. The summed E-state index contributed by atoms with van der Waals surface area (Å²) in [5.41, 5.74) is 0.411. The standard InChI is InChI=1S/C17H26BF2NO3S/c1-11(2)10-22-14-9-12(7-8-13(14)21-25-15(19)20)18-23-16(3,4)17(5,6)24-18/h7-9,11,15,21H,10H2,1-6H3. The molecule has 0 bridgehead atoms. The van der Waals surface area contributed by atoms with Crippen molar-refractivity contribution < 1.29 is 22.8 Å². The molecular weight excluding hydrogens is 347 g/mol. The van der Waals surface area contributed by atoms with Gasteiger partial charge in [-0.2, -0.15) is 8.78 Å². The second kappa shape index (κ2) is 7.72. The summed E-state index contributed by atoms with van der Waals surface area (Å²) in [6.45, 7) is 12.5. The van der Waals surface area contributed by atoms with E-state index >= 15 is 0 Å². The van der Waals surface area contributed by atoms with E-state index in [1.807, 2.05) is 41.5 Å². The monoisotopic (exact) mass is 373 g/mol. The molecular formula is C17H26BF2NO3S. The lowest BCUT2D eigenvalue weighted by atomic mass is 9.79. The van der Waals surface area contributed by atoms with Crippen molar-refractivity contribution in [3.63, 3.8) is 0 Å². The van der Waals surface area contributed by atoms with Gasteiger partial charge in [-0.05, 0) is 51.2 Å². The number of alkyl halides is 2. The molecule has 4 nitrogen and oxygen atoms in total. The van der Waals surface area contributed by atoms with Crippen molar-refractivity contribution in [2.75, 3.05) is 11.3 Å². The summed E-state index contributed by atoms with van der Waals surface area (Å²) in [7, 11) is -0.525. The van der Waals surface area contributed by atoms with E-state index in [0.29, 0.717) is 35.9 Å². The van der Waals surface area contributed by atoms with Crippen LogP contribution in [-0.2, 0) is 9.31 Å². The zero-order valence-electron chi connectivity index (χ0n) is 15.6. The van der Waals surface area contributed by atoms with Gasteiger partial charge in [0.2, 0.25) is 0 Å². The first-order valence-corrected chi connectivity index (χ1v) is 9.22. The van der Waals surface area contributed by atoms with Gasteiger partial charge in [0.15, 0.2) is 0 Å².